The van der Waals surface area contributed by atoms with Gasteiger partial charge in [-0.1, -0.05) is 6.92 Å². The maximum atomic E-state index is 10.9. The highest BCUT2D eigenvalue weighted by molar-refractivity contribution is 5.79. The van der Waals surface area contributed by atoms with Crippen LogP contribution in [0.1, 0.15) is 20.3 Å². The molecule has 0 saturated heterocycles. The van der Waals surface area contributed by atoms with Gasteiger partial charge in [0.15, 0.2) is 0 Å². The lowest BCUT2D eigenvalue weighted by atomic mass is 10.3. The van der Waals surface area contributed by atoms with E-state index in [9.17, 15) is 9.59 Å². The van der Waals surface area contributed by atoms with Crippen LogP contribution in [0.3, 0.4) is 0 Å². The minimum Gasteiger partial charge on any atom is -0.355 e. The summed E-state index contributed by atoms with van der Waals surface area (Å²) in [5.74, 6) is 0.0388. The Bertz CT molecular complexity index is 157. The largest absolute Gasteiger partial charge is 0.355 e. The van der Waals surface area contributed by atoms with Gasteiger partial charge in [-0.05, 0) is 13.5 Å². The summed E-state index contributed by atoms with van der Waals surface area (Å²) in [6, 6.07) is 0. The van der Waals surface area contributed by atoms with Crippen LogP contribution in [0.4, 0.5) is 0 Å². The summed E-state index contributed by atoms with van der Waals surface area (Å²) in [5.41, 5.74) is 0. The van der Waals surface area contributed by atoms with E-state index >= 15 is 0 Å². The van der Waals surface area contributed by atoms with Gasteiger partial charge in [0, 0.05) is 13.0 Å². The van der Waals surface area contributed by atoms with Gasteiger partial charge in [-0.15, -0.1) is 0 Å². The highest BCUT2D eigenvalue weighted by Gasteiger charge is 1.98. The lowest BCUT2D eigenvalue weighted by Crippen LogP contribution is -2.34. The number of ketones is 1. The Morgan fingerprint density at radius 2 is 2.00 bits per heavy atom. The number of carbonyl (C=O) groups is 2. The van der Waals surface area contributed by atoms with Crippen LogP contribution in [-0.2, 0) is 9.59 Å². The predicted octanol–water partition coefficient (Wildman–Crippen LogP) is -0.309. The van der Waals surface area contributed by atoms with Crippen LogP contribution in [0.25, 0.3) is 0 Å². The Balaban J connectivity index is 3.25. The average molecular weight is 172 g/mol. The molecule has 0 fully saturated rings. The first kappa shape index (κ1) is 11.1. The molecule has 0 aliphatic carbocycles. The molecular weight excluding hydrogens is 156 g/mol. The molecule has 0 rings (SSSR count). The van der Waals surface area contributed by atoms with Crippen LogP contribution in [-0.4, -0.2) is 31.3 Å². The van der Waals surface area contributed by atoms with Crippen molar-refractivity contribution in [2.24, 2.45) is 0 Å². The number of carbonyl (C=O) groups excluding carboxylic acids is 2. The second-order valence-corrected chi connectivity index (χ2v) is 2.58. The van der Waals surface area contributed by atoms with E-state index in [1.165, 1.54) is 6.92 Å². The molecule has 4 heteroatoms. The van der Waals surface area contributed by atoms with Crippen LogP contribution in [0.15, 0.2) is 0 Å². The molecule has 2 N–H and O–H groups in total. The molecule has 12 heavy (non-hydrogen) atoms. The molecule has 0 saturated carbocycles. The maximum absolute atomic E-state index is 10.9. The molecule has 0 aliphatic heterocycles. The van der Waals surface area contributed by atoms with Gasteiger partial charge in [-0.3, -0.25) is 9.59 Å². The molecule has 0 aromatic carbocycles. The molecule has 0 aromatic heterocycles. The second kappa shape index (κ2) is 6.79. The average Bonchev–Trinajstić information content (AvgIpc) is 2.00. The van der Waals surface area contributed by atoms with Gasteiger partial charge in [-0.2, -0.15) is 0 Å². The van der Waals surface area contributed by atoms with Gasteiger partial charge in [0.2, 0.25) is 5.91 Å². The number of amides is 1. The van der Waals surface area contributed by atoms with Crippen molar-refractivity contribution in [2.75, 3.05) is 19.6 Å². The van der Waals surface area contributed by atoms with Crippen LogP contribution in [0.5, 0.6) is 0 Å². The Morgan fingerprint density at radius 1 is 1.33 bits per heavy atom. The van der Waals surface area contributed by atoms with Crippen LogP contribution < -0.4 is 10.6 Å². The van der Waals surface area contributed by atoms with E-state index in [-0.39, 0.29) is 11.7 Å². The van der Waals surface area contributed by atoms with Gasteiger partial charge in [0.1, 0.15) is 5.78 Å². The summed E-state index contributed by atoms with van der Waals surface area (Å²) >= 11 is 0. The fraction of sp³-hybridized carbons (Fsp3) is 0.750. The van der Waals surface area contributed by atoms with Gasteiger partial charge >= 0.3 is 0 Å². The molecule has 0 heterocycles. The Hall–Kier alpha value is -0.900. The third kappa shape index (κ3) is 7.21. The number of Topliss-reactive ketones (excluding diaryl/α,β-unsaturated/α-hetero) is 1. The van der Waals surface area contributed by atoms with Crippen molar-refractivity contribution >= 4 is 11.7 Å². The van der Waals surface area contributed by atoms with Gasteiger partial charge in [0.25, 0.3) is 0 Å². The summed E-state index contributed by atoms with van der Waals surface area (Å²) in [5, 5.41) is 5.52. The predicted molar refractivity (Wildman–Crippen MR) is 46.9 cm³/mol. The highest BCUT2D eigenvalue weighted by atomic mass is 16.2. The summed E-state index contributed by atoms with van der Waals surface area (Å²) in [7, 11) is 0. The van der Waals surface area contributed by atoms with Crippen LogP contribution in [0, 0.1) is 0 Å². The third-order valence-corrected chi connectivity index (χ3v) is 1.33. The van der Waals surface area contributed by atoms with Crippen molar-refractivity contribution < 1.29 is 9.59 Å². The van der Waals surface area contributed by atoms with Crippen molar-refractivity contribution in [3.8, 4) is 0 Å². The van der Waals surface area contributed by atoms with Gasteiger partial charge < -0.3 is 10.6 Å². The van der Waals surface area contributed by atoms with Gasteiger partial charge in [-0.25, -0.2) is 0 Å². The normalized spacial score (nSPS) is 9.50. The number of rotatable bonds is 6. The highest BCUT2D eigenvalue weighted by Crippen LogP contribution is 1.77. The molecule has 4 nitrogen and oxygen atoms in total. The summed E-state index contributed by atoms with van der Waals surface area (Å²) in [4.78, 5) is 21.4. The first-order valence-electron chi connectivity index (χ1n) is 4.13. The fourth-order valence-electron chi connectivity index (χ4n) is 0.679. The minimum atomic E-state index is -0.0573. The van der Waals surface area contributed by atoms with E-state index in [0.717, 1.165) is 6.54 Å². The summed E-state index contributed by atoms with van der Waals surface area (Å²) in [6.07, 6.45) is 0.415. The molecule has 70 valence electrons. The first-order valence-corrected chi connectivity index (χ1v) is 4.13. The third-order valence-electron chi connectivity index (χ3n) is 1.33. The Labute approximate surface area is 72.7 Å². The Kier molecular flexibility index (Phi) is 6.28. The lowest BCUT2D eigenvalue weighted by molar-refractivity contribution is -0.120. The molecule has 1 amide bonds. The van der Waals surface area contributed by atoms with Crippen molar-refractivity contribution in [1.82, 2.24) is 10.6 Å². The van der Waals surface area contributed by atoms with E-state index in [1.54, 1.807) is 0 Å². The number of hydrogen-bond acceptors (Lipinski definition) is 3. The van der Waals surface area contributed by atoms with E-state index < -0.39 is 0 Å². The smallest absolute Gasteiger partial charge is 0.233 e. The van der Waals surface area contributed by atoms with E-state index in [0.29, 0.717) is 19.5 Å². The Morgan fingerprint density at radius 3 is 2.50 bits per heavy atom. The van der Waals surface area contributed by atoms with Crippen molar-refractivity contribution in [1.29, 1.82) is 0 Å². The number of hydrogen-bond donors (Lipinski definition) is 2. The zero-order chi connectivity index (χ0) is 9.40. The zero-order valence-electron chi connectivity index (χ0n) is 7.64. The number of nitrogens with one attached hydrogen (secondary N) is 2. The van der Waals surface area contributed by atoms with Crippen molar-refractivity contribution in [2.45, 2.75) is 20.3 Å². The van der Waals surface area contributed by atoms with Crippen molar-refractivity contribution in [3.63, 3.8) is 0 Å². The van der Waals surface area contributed by atoms with Gasteiger partial charge in [0.05, 0.1) is 6.54 Å². The number of likely N-dealkylation sites (N-methyl/N-ethyl adjacent to an activating group) is 1. The quantitative estimate of drug-likeness (QED) is 0.578. The lowest BCUT2D eigenvalue weighted by Gasteiger charge is -2.03. The molecule has 0 aliphatic rings. The first-order chi connectivity index (χ1) is 5.66. The molecular formula is C8H16N2O2. The molecule has 0 radical (unpaired) electrons. The molecule has 0 aromatic rings. The summed E-state index contributed by atoms with van der Waals surface area (Å²) < 4.78 is 0. The molecule has 0 bridgehead atoms. The van der Waals surface area contributed by atoms with Crippen LogP contribution in [0.2, 0.25) is 0 Å². The fourth-order valence-corrected chi connectivity index (χ4v) is 0.679. The van der Waals surface area contributed by atoms with Crippen molar-refractivity contribution in [3.05, 3.63) is 0 Å². The van der Waals surface area contributed by atoms with E-state index in [4.69, 9.17) is 0 Å². The molecule has 0 atom stereocenters. The summed E-state index contributed by atoms with van der Waals surface area (Å²) in [6.45, 7) is 4.99. The minimum absolute atomic E-state index is 0.0573. The molecule has 0 spiro atoms. The van der Waals surface area contributed by atoms with Crippen LogP contribution >= 0.6 is 0 Å². The monoisotopic (exact) mass is 172 g/mol. The zero-order valence-corrected chi connectivity index (χ0v) is 7.64. The maximum Gasteiger partial charge on any atom is 0.233 e. The second-order valence-electron chi connectivity index (χ2n) is 2.58. The standard InChI is InChI=1S/C8H16N2O2/c1-3-9-6-8(12)10-5-4-7(2)11/h9H,3-6H2,1-2H3,(H,10,12). The van der Waals surface area contributed by atoms with E-state index in [1.807, 2.05) is 6.92 Å². The SMILES string of the molecule is CCNCC(=O)NCCC(C)=O. The topological polar surface area (TPSA) is 58.2 Å². The molecule has 0 unspecified atom stereocenters. The van der Waals surface area contributed by atoms with E-state index in [2.05, 4.69) is 10.6 Å².